The molecular formula is C22H26ClFN4O. The summed E-state index contributed by atoms with van der Waals surface area (Å²) < 4.78 is 13.1. The molecule has 2 aliphatic heterocycles. The number of carbonyl (C=O) groups is 1. The Labute approximate surface area is 175 Å². The SMILES string of the molecule is O=C(Cc1ccc(Cl)cc1)NC1CCN(C2CC(c3ccc(F)cc3)NN2)CC1. The Morgan fingerprint density at radius 2 is 1.76 bits per heavy atom. The number of nitrogens with zero attached hydrogens (tertiary/aromatic N) is 1. The van der Waals surface area contributed by atoms with Crippen LogP contribution in [0.4, 0.5) is 4.39 Å². The Kier molecular flexibility index (Phi) is 6.45. The molecule has 0 radical (unpaired) electrons. The number of halogens is 2. The fourth-order valence-electron chi connectivity index (χ4n) is 4.11. The highest BCUT2D eigenvalue weighted by molar-refractivity contribution is 6.30. The second-order valence-corrected chi connectivity index (χ2v) is 8.26. The standard InChI is InChI=1S/C22H26ClFN4O/c23-17-5-1-15(2-6-17)13-22(29)25-19-9-11-28(12-10-19)21-14-20(26-27-21)16-3-7-18(24)8-4-16/h1-8,19-21,26-27H,9-14H2,(H,25,29). The zero-order valence-electron chi connectivity index (χ0n) is 16.2. The molecule has 2 aliphatic rings. The summed E-state index contributed by atoms with van der Waals surface area (Å²) in [4.78, 5) is 14.7. The number of hydrogen-bond donors (Lipinski definition) is 3. The van der Waals surface area contributed by atoms with E-state index in [1.165, 1.54) is 12.1 Å². The van der Waals surface area contributed by atoms with Crippen LogP contribution in [0.1, 0.15) is 36.4 Å². The molecule has 154 valence electrons. The van der Waals surface area contributed by atoms with Gasteiger partial charge in [0.25, 0.3) is 0 Å². The van der Waals surface area contributed by atoms with Gasteiger partial charge in [-0.1, -0.05) is 35.9 Å². The van der Waals surface area contributed by atoms with Gasteiger partial charge in [0.1, 0.15) is 5.82 Å². The molecule has 0 bridgehead atoms. The number of hydrogen-bond acceptors (Lipinski definition) is 4. The van der Waals surface area contributed by atoms with Gasteiger partial charge in [0.15, 0.2) is 0 Å². The predicted molar refractivity (Wildman–Crippen MR) is 112 cm³/mol. The molecule has 0 aliphatic carbocycles. The summed E-state index contributed by atoms with van der Waals surface area (Å²) in [5.74, 6) is -0.153. The van der Waals surface area contributed by atoms with Crippen LogP contribution in [0.25, 0.3) is 0 Å². The van der Waals surface area contributed by atoms with Crippen LogP contribution in [-0.4, -0.2) is 36.1 Å². The third-order valence-electron chi connectivity index (χ3n) is 5.77. The van der Waals surface area contributed by atoms with Gasteiger partial charge in [-0.25, -0.2) is 15.2 Å². The largest absolute Gasteiger partial charge is 0.353 e. The van der Waals surface area contributed by atoms with E-state index in [1.54, 1.807) is 0 Å². The average Bonchev–Trinajstić information content (AvgIpc) is 3.21. The highest BCUT2D eigenvalue weighted by Gasteiger charge is 2.32. The van der Waals surface area contributed by atoms with Gasteiger partial charge < -0.3 is 5.32 Å². The second-order valence-electron chi connectivity index (χ2n) is 7.83. The molecule has 0 spiro atoms. The van der Waals surface area contributed by atoms with Crippen LogP contribution >= 0.6 is 11.6 Å². The highest BCUT2D eigenvalue weighted by atomic mass is 35.5. The van der Waals surface area contributed by atoms with E-state index >= 15 is 0 Å². The van der Waals surface area contributed by atoms with Crippen molar-refractivity contribution in [2.45, 2.75) is 43.9 Å². The Hall–Kier alpha value is -1.99. The number of carbonyl (C=O) groups excluding carboxylic acids is 1. The predicted octanol–water partition coefficient (Wildman–Crippen LogP) is 3.17. The van der Waals surface area contributed by atoms with Gasteiger partial charge in [-0.05, 0) is 54.7 Å². The van der Waals surface area contributed by atoms with Crippen LogP contribution in [0.5, 0.6) is 0 Å². The van der Waals surface area contributed by atoms with Gasteiger partial charge in [-0.15, -0.1) is 0 Å². The minimum absolute atomic E-state index is 0.0582. The number of hydrazine groups is 1. The fourth-order valence-corrected chi connectivity index (χ4v) is 4.24. The first kappa shape index (κ1) is 20.3. The van der Waals surface area contributed by atoms with Crippen molar-refractivity contribution >= 4 is 17.5 Å². The van der Waals surface area contributed by atoms with E-state index < -0.39 is 0 Å². The normalized spacial score (nSPS) is 23.2. The van der Waals surface area contributed by atoms with E-state index in [-0.39, 0.29) is 30.0 Å². The quantitative estimate of drug-likeness (QED) is 0.700. The maximum Gasteiger partial charge on any atom is 0.224 e. The number of rotatable bonds is 5. The first-order valence-corrected chi connectivity index (χ1v) is 10.5. The Morgan fingerprint density at radius 3 is 2.45 bits per heavy atom. The van der Waals surface area contributed by atoms with Gasteiger partial charge >= 0.3 is 0 Å². The maximum atomic E-state index is 13.1. The van der Waals surface area contributed by atoms with Crippen molar-refractivity contribution in [1.82, 2.24) is 21.1 Å². The van der Waals surface area contributed by atoms with Gasteiger partial charge in [0, 0.05) is 30.2 Å². The molecule has 0 aromatic heterocycles. The van der Waals surface area contributed by atoms with Crippen LogP contribution in [0.3, 0.4) is 0 Å². The summed E-state index contributed by atoms with van der Waals surface area (Å²) in [6.45, 7) is 1.86. The smallest absolute Gasteiger partial charge is 0.224 e. The van der Waals surface area contributed by atoms with Crippen molar-refractivity contribution in [1.29, 1.82) is 0 Å². The summed E-state index contributed by atoms with van der Waals surface area (Å²) in [7, 11) is 0. The molecule has 2 atom stereocenters. The summed E-state index contributed by atoms with van der Waals surface area (Å²) in [6.07, 6.45) is 3.43. The lowest BCUT2D eigenvalue weighted by Gasteiger charge is -2.35. The minimum Gasteiger partial charge on any atom is -0.353 e. The third kappa shape index (κ3) is 5.34. The lowest BCUT2D eigenvalue weighted by molar-refractivity contribution is -0.121. The second kappa shape index (κ2) is 9.22. The average molecular weight is 417 g/mol. The zero-order valence-corrected chi connectivity index (χ0v) is 17.0. The molecule has 7 heteroatoms. The molecule has 2 aromatic rings. The minimum atomic E-state index is -0.212. The van der Waals surface area contributed by atoms with Crippen LogP contribution in [0.15, 0.2) is 48.5 Å². The molecular weight excluding hydrogens is 391 g/mol. The first-order chi connectivity index (χ1) is 14.1. The summed E-state index contributed by atoms with van der Waals surface area (Å²) in [5.41, 5.74) is 8.75. The lowest BCUT2D eigenvalue weighted by Crippen LogP contribution is -2.51. The molecule has 1 amide bonds. The molecule has 2 unspecified atom stereocenters. The molecule has 5 nitrogen and oxygen atoms in total. The fraction of sp³-hybridized carbons (Fsp3) is 0.409. The van der Waals surface area contributed by atoms with Gasteiger partial charge in [-0.3, -0.25) is 9.69 Å². The van der Waals surface area contributed by atoms with Crippen molar-refractivity contribution in [3.63, 3.8) is 0 Å². The molecule has 2 fully saturated rings. The Balaban J connectivity index is 1.22. The summed E-state index contributed by atoms with van der Waals surface area (Å²) in [6, 6.07) is 14.5. The molecule has 0 saturated carbocycles. The van der Waals surface area contributed by atoms with Gasteiger partial charge in [-0.2, -0.15) is 0 Å². The van der Waals surface area contributed by atoms with E-state index in [0.29, 0.717) is 11.4 Å². The molecule has 2 saturated heterocycles. The molecule has 2 aromatic carbocycles. The first-order valence-electron chi connectivity index (χ1n) is 10.1. The van der Waals surface area contributed by atoms with Crippen molar-refractivity contribution < 1.29 is 9.18 Å². The third-order valence-corrected chi connectivity index (χ3v) is 6.02. The monoisotopic (exact) mass is 416 g/mol. The summed E-state index contributed by atoms with van der Waals surface area (Å²) >= 11 is 5.89. The lowest BCUT2D eigenvalue weighted by atomic mass is 10.0. The number of nitrogens with one attached hydrogen (secondary N) is 3. The molecule has 3 N–H and O–H groups in total. The highest BCUT2D eigenvalue weighted by Crippen LogP contribution is 2.25. The molecule has 29 heavy (non-hydrogen) atoms. The van der Waals surface area contributed by atoms with E-state index in [2.05, 4.69) is 21.1 Å². The van der Waals surface area contributed by atoms with Crippen LogP contribution < -0.4 is 16.2 Å². The van der Waals surface area contributed by atoms with Gasteiger partial charge in [0.05, 0.1) is 12.6 Å². The number of benzene rings is 2. The zero-order chi connectivity index (χ0) is 20.2. The number of amides is 1. The van der Waals surface area contributed by atoms with Crippen molar-refractivity contribution in [3.05, 3.63) is 70.5 Å². The van der Waals surface area contributed by atoms with Crippen molar-refractivity contribution in [3.8, 4) is 0 Å². The van der Waals surface area contributed by atoms with Crippen LogP contribution in [-0.2, 0) is 11.2 Å². The maximum absolute atomic E-state index is 13.1. The Morgan fingerprint density at radius 1 is 1.07 bits per heavy atom. The molecule has 2 heterocycles. The number of likely N-dealkylation sites (tertiary alicyclic amines) is 1. The molecule has 4 rings (SSSR count). The van der Waals surface area contributed by atoms with Gasteiger partial charge in [0.2, 0.25) is 5.91 Å². The topological polar surface area (TPSA) is 56.4 Å². The van der Waals surface area contributed by atoms with E-state index in [4.69, 9.17) is 11.6 Å². The van der Waals surface area contributed by atoms with Crippen molar-refractivity contribution in [2.75, 3.05) is 13.1 Å². The number of piperidine rings is 1. The van der Waals surface area contributed by atoms with E-state index in [9.17, 15) is 9.18 Å². The summed E-state index contributed by atoms with van der Waals surface area (Å²) in [5, 5.41) is 3.84. The van der Waals surface area contributed by atoms with E-state index in [0.717, 1.165) is 43.5 Å². The van der Waals surface area contributed by atoms with Crippen LogP contribution in [0.2, 0.25) is 5.02 Å². The van der Waals surface area contributed by atoms with Crippen LogP contribution in [0, 0.1) is 5.82 Å². The van der Waals surface area contributed by atoms with Crippen molar-refractivity contribution in [2.24, 2.45) is 0 Å². The Bertz CT molecular complexity index is 822. The van der Waals surface area contributed by atoms with E-state index in [1.807, 2.05) is 36.4 Å².